The smallest absolute Gasteiger partial charge is 0.255 e. The Labute approximate surface area is 148 Å². The summed E-state index contributed by atoms with van der Waals surface area (Å²) in [7, 11) is 0. The van der Waals surface area contributed by atoms with E-state index in [0.29, 0.717) is 5.56 Å². The van der Waals surface area contributed by atoms with Crippen LogP contribution in [0, 0.1) is 20.8 Å². The molecule has 3 heteroatoms. The van der Waals surface area contributed by atoms with E-state index in [2.05, 4.69) is 5.32 Å². The van der Waals surface area contributed by atoms with Crippen LogP contribution < -0.4 is 10.1 Å². The van der Waals surface area contributed by atoms with Crippen LogP contribution in [0.15, 0.2) is 66.7 Å². The third-order valence-corrected chi connectivity index (χ3v) is 3.82. The van der Waals surface area contributed by atoms with Crippen molar-refractivity contribution in [3.05, 3.63) is 89.0 Å². The van der Waals surface area contributed by atoms with Crippen LogP contribution in [0.4, 0.5) is 5.69 Å². The molecule has 0 spiro atoms. The lowest BCUT2D eigenvalue weighted by atomic mass is 10.1. The molecule has 0 radical (unpaired) electrons. The average molecular weight is 331 g/mol. The third-order valence-electron chi connectivity index (χ3n) is 3.82. The van der Waals surface area contributed by atoms with Gasteiger partial charge in [-0.1, -0.05) is 29.3 Å². The van der Waals surface area contributed by atoms with E-state index >= 15 is 0 Å². The maximum Gasteiger partial charge on any atom is 0.255 e. The summed E-state index contributed by atoms with van der Waals surface area (Å²) in [5.41, 5.74) is 4.70. The second kappa shape index (κ2) is 7.22. The molecule has 3 aromatic rings. The van der Waals surface area contributed by atoms with Crippen molar-refractivity contribution in [3.63, 3.8) is 0 Å². The molecule has 0 aromatic heterocycles. The van der Waals surface area contributed by atoms with Gasteiger partial charge in [-0.05, 0) is 74.9 Å². The Bertz CT molecular complexity index is 878. The molecule has 0 atom stereocenters. The quantitative estimate of drug-likeness (QED) is 0.670. The fourth-order valence-electron chi connectivity index (χ4n) is 2.73. The zero-order valence-corrected chi connectivity index (χ0v) is 14.7. The molecular weight excluding hydrogens is 310 g/mol. The molecule has 0 saturated carbocycles. The topological polar surface area (TPSA) is 38.3 Å². The molecule has 0 unspecified atom stereocenters. The Morgan fingerprint density at radius 3 is 2.08 bits per heavy atom. The lowest BCUT2D eigenvalue weighted by molar-refractivity contribution is 0.102. The molecule has 3 aromatic carbocycles. The summed E-state index contributed by atoms with van der Waals surface area (Å²) in [6.07, 6.45) is 0. The zero-order valence-electron chi connectivity index (χ0n) is 14.7. The van der Waals surface area contributed by atoms with E-state index < -0.39 is 0 Å². The standard InChI is InChI=1S/C22H21NO2/c1-15-5-4-6-21(14-15)25-20-9-7-19(8-10-20)23-22(24)18-12-16(2)11-17(3)13-18/h4-14H,1-3H3,(H,23,24). The second-order valence-electron chi connectivity index (χ2n) is 6.27. The molecule has 0 aliphatic rings. The van der Waals surface area contributed by atoms with E-state index in [1.54, 1.807) is 0 Å². The normalized spacial score (nSPS) is 10.4. The first-order valence-corrected chi connectivity index (χ1v) is 8.24. The second-order valence-corrected chi connectivity index (χ2v) is 6.27. The molecule has 1 amide bonds. The first-order valence-electron chi connectivity index (χ1n) is 8.24. The SMILES string of the molecule is Cc1cccc(Oc2ccc(NC(=O)c3cc(C)cc(C)c3)cc2)c1. The van der Waals surface area contributed by atoms with Crippen molar-refractivity contribution in [1.29, 1.82) is 0 Å². The van der Waals surface area contributed by atoms with Crippen molar-refractivity contribution >= 4 is 11.6 Å². The summed E-state index contributed by atoms with van der Waals surface area (Å²) in [6.45, 7) is 6.00. The van der Waals surface area contributed by atoms with E-state index in [4.69, 9.17) is 4.74 Å². The summed E-state index contributed by atoms with van der Waals surface area (Å²) in [5.74, 6) is 1.42. The predicted molar refractivity (Wildman–Crippen MR) is 102 cm³/mol. The highest BCUT2D eigenvalue weighted by atomic mass is 16.5. The van der Waals surface area contributed by atoms with Crippen molar-refractivity contribution in [3.8, 4) is 11.5 Å². The molecule has 0 heterocycles. The third kappa shape index (κ3) is 4.48. The number of hydrogen-bond donors (Lipinski definition) is 1. The molecule has 0 bridgehead atoms. The summed E-state index contributed by atoms with van der Waals surface area (Å²) in [6, 6.07) is 21.1. The number of amides is 1. The molecule has 25 heavy (non-hydrogen) atoms. The van der Waals surface area contributed by atoms with Gasteiger partial charge in [-0.3, -0.25) is 4.79 Å². The van der Waals surface area contributed by atoms with Gasteiger partial charge in [0.15, 0.2) is 0 Å². The maximum absolute atomic E-state index is 12.4. The molecule has 0 aliphatic carbocycles. The first kappa shape index (κ1) is 16.8. The van der Waals surface area contributed by atoms with Crippen molar-refractivity contribution in [1.82, 2.24) is 0 Å². The highest BCUT2D eigenvalue weighted by molar-refractivity contribution is 6.04. The van der Waals surface area contributed by atoms with Gasteiger partial charge in [0, 0.05) is 11.3 Å². The van der Waals surface area contributed by atoms with Crippen LogP contribution in [0.25, 0.3) is 0 Å². The minimum atomic E-state index is -0.112. The van der Waals surface area contributed by atoms with E-state index in [9.17, 15) is 4.79 Å². The lowest BCUT2D eigenvalue weighted by Crippen LogP contribution is -2.12. The van der Waals surface area contributed by atoms with Crippen LogP contribution >= 0.6 is 0 Å². The molecule has 3 nitrogen and oxygen atoms in total. The molecule has 1 N–H and O–H groups in total. The molecule has 0 saturated heterocycles. The van der Waals surface area contributed by atoms with Gasteiger partial charge in [0.1, 0.15) is 11.5 Å². The summed E-state index contributed by atoms with van der Waals surface area (Å²) < 4.78 is 5.82. The van der Waals surface area contributed by atoms with Crippen molar-refractivity contribution in [2.45, 2.75) is 20.8 Å². The van der Waals surface area contributed by atoms with Crippen LogP contribution in [0.1, 0.15) is 27.0 Å². The highest BCUT2D eigenvalue weighted by Crippen LogP contribution is 2.24. The van der Waals surface area contributed by atoms with Crippen LogP contribution in [0.3, 0.4) is 0 Å². The van der Waals surface area contributed by atoms with Gasteiger partial charge in [-0.2, -0.15) is 0 Å². The Morgan fingerprint density at radius 1 is 0.760 bits per heavy atom. The van der Waals surface area contributed by atoms with Crippen LogP contribution in [0.5, 0.6) is 11.5 Å². The molecular formula is C22H21NO2. The molecule has 0 fully saturated rings. The van der Waals surface area contributed by atoms with E-state index in [1.165, 1.54) is 0 Å². The Balaban J connectivity index is 1.69. The van der Waals surface area contributed by atoms with Crippen molar-refractivity contribution < 1.29 is 9.53 Å². The number of aryl methyl sites for hydroxylation is 3. The molecule has 0 aliphatic heterocycles. The average Bonchev–Trinajstić information content (AvgIpc) is 2.56. The fourth-order valence-corrected chi connectivity index (χ4v) is 2.73. The van der Waals surface area contributed by atoms with E-state index in [-0.39, 0.29) is 5.91 Å². The Hall–Kier alpha value is -3.07. The van der Waals surface area contributed by atoms with Crippen LogP contribution in [-0.2, 0) is 0 Å². The molecule has 3 rings (SSSR count). The van der Waals surface area contributed by atoms with Gasteiger partial charge in [0.25, 0.3) is 5.91 Å². The van der Waals surface area contributed by atoms with Gasteiger partial charge in [-0.15, -0.1) is 0 Å². The number of anilines is 1. The number of carbonyl (C=O) groups is 1. The van der Waals surface area contributed by atoms with Gasteiger partial charge >= 0.3 is 0 Å². The number of rotatable bonds is 4. The minimum Gasteiger partial charge on any atom is -0.457 e. The van der Waals surface area contributed by atoms with Gasteiger partial charge < -0.3 is 10.1 Å². The van der Waals surface area contributed by atoms with E-state index in [0.717, 1.165) is 33.9 Å². The maximum atomic E-state index is 12.4. The largest absolute Gasteiger partial charge is 0.457 e. The summed E-state index contributed by atoms with van der Waals surface area (Å²) in [5, 5.41) is 2.92. The number of benzene rings is 3. The number of hydrogen-bond acceptors (Lipinski definition) is 2. The molecule has 126 valence electrons. The highest BCUT2D eigenvalue weighted by Gasteiger charge is 2.07. The number of nitrogens with one attached hydrogen (secondary N) is 1. The minimum absolute atomic E-state index is 0.112. The lowest BCUT2D eigenvalue weighted by Gasteiger charge is -2.09. The Morgan fingerprint density at radius 2 is 1.44 bits per heavy atom. The number of carbonyl (C=O) groups excluding carboxylic acids is 1. The van der Waals surface area contributed by atoms with Crippen molar-refractivity contribution in [2.24, 2.45) is 0 Å². The summed E-state index contributed by atoms with van der Waals surface area (Å²) >= 11 is 0. The van der Waals surface area contributed by atoms with E-state index in [1.807, 2.05) is 87.5 Å². The Kier molecular flexibility index (Phi) is 4.85. The predicted octanol–water partition coefficient (Wildman–Crippen LogP) is 5.66. The monoisotopic (exact) mass is 331 g/mol. The van der Waals surface area contributed by atoms with Crippen LogP contribution in [-0.4, -0.2) is 5.91 Å². The van der Waals surface area contributed by atoms with Crippen LogP contribution in [0.2, 0.25) is 0 Å². The van der Waals surface area contributed by atoms with Gasteiger partial charge in [-0.25, -0.2) is 0 Å². The first-order chi connectivity index (χ1) is 12.0. The van der Waals surface area contributed by atoms with Crippen molar-refractivity contribution in [2.75, 3.05) is 5.32 Å². The number of ether oxygens (including phenoxy) is 1. The summed E-state index contributed by atoms with van der Waals surface area (Å²) in [4.78, 5) is 12.4. The van der Waals surface area contributed by atoms with Gasteiger partial charge in [0.2, 0.25) is 0 Å². The fraction of sp³-hybridized carbons (Fsp3) is 0.136. The zero-order chi connectivity index (χ0) is 17.8. The van der Waals surface area contributed by atoms with Gasteiger partial charge in [0.05, 0.1) is 0 Å².